The molecule has 2 aromatic rings. The Morgan fingerprint density at radius 1 is 1.33 bits per heavy atom. The normalized spacial score (nSPS) is 11.8. The molecule has 2 N–H and O–H groups in total. The van der Waals surface area contributed by atoms with Crippen LogP contribution < -0.4 is 10.0 Å². The molecular formula is C10H13N3O2S3. The van der Waals surface area contributed by atoms with Crippen molar-refractivity contribution in [2.45, 2.75) is 18.0 Å². The van der Waals surface area contributed by atoms with E-state index in [0.29, 0.717) is 11.4 Å². The van der Waals surface area contributed by atoms with Gasteiger partial charge in [0.2, 0.25) is 10.0 Å². The summed E-state index contributed by atoms with van der Waals surface area (Å²) in [4.78, 5) is 5.34. The molecule has 5 nitrogen and oxygen atoms in total. The maximum Gasteiger partial charge on any atom is 0.241 e. The van der Waals surface area contributed by atoms with Crippen LogP contribution in [-0.4, -0.2) is 20.4 Å². The number of rotatable bonds is 6. The molecular weight excluding hydrogens is 290 g/mol. The van der Waals surface area contributed by atoms with Crippen molar-refractivity contribution in [3.8, 4) is 0 Å². The molecule has 8 heteroatoms. The van der Waals surface area contributed by atoms with Crippen molar-refractivity contribution in [1.29, 1.82) is 0 Å². The Morgan fingerprint density at radius 3 is 2.83 bits per heavy atom. The average Bonchev–Trinajstić information content (AvgIpc) is 2.98. The van der Waals surface area contributed by atoms with E-state index in [2.05, 4.69) is 15.0 Å². The highest BCUT2D eigenvalue weighted by Gasteiger charge is 2.16. The fraction of sp³-hybridized carbons (Fsp3) is 0.300. The van der Waals surface area contributed by atoms with Gasteiger partial charge in [0.15, 0.2) is 0 Å². The highest BCUT2D eigenvalue weighted by molar-refractivity contribution is 7.89. The van der Waals surface area contributed by atoms with Gasteiger partial charge in [-0.1, -0.05) is 0 Å². The highest BCUT2D eigenvalue weighted by atomic mass is 32.2. The zero-order valence-electron chi connectivity index (χ0n) is 9.71. The van der Waals surface area contributed by atoms with Crippen LogP contribution >= 0.6 is 22.7 Å². The molecule has 0 saturated heterocycles. The summed E-state index contributed by atoms with van der Waals surface area (Å²) in [5, 5.41) is 7.21. The molecule has 0 amide bonds. The first-order chi connectivity index (χ1) is 8.62. The number of thiophene rings is 1. The minimum atomic E-state index is -3.43. The molecule has 0 bridgehead atoms. The molecule has 0 aliphatic rings. The van der Waals surface area contributed by atoms with Crippen molar-refractivity contribution in [2.75, 3.05) is 7.05 Å². The number of hydrogen-bond donors (Lipinski definition) is 2. The number of sulfonamides is 1. The van der Waals surface area contributed by atoms with Crippen LogP contribution in [0.2, 0.25) is 0 Å². The van der Waals surface area contributed by atoms with Crippen molar-refractivity contribution < 1.29 is 8.42 Å². The van der Waals surface area contributed by atoms with Gasteiger partial charge in [-0.3, -0.25) is 0 Å². The Labute approximate surface area is 114 Å². The fourth-order valence-electron chi connectivity index (χ4n) is 1.35. The lowest BCUT2D eigenvalue weighted by atomic mass is 10.5. The lowest BCUT2D eigenvalue weighted by Gasteiger charge is -2.02. The number of hydrogen-bond acceptors (Lipinski definition) is 6. The molecule has 2 heterocycles. The van der Waals surface area contributed by atoms with Crippen LogP contribution in [-0.2, 0) is 23.1 Å². The Kier molecular flexibility index (Phi) is 4.46. The molecule has 0 aromatic carbocycles. The highest BCUT2D eigenvalue weighted by Crippen LogP contribution is 2.19. The van der Waals surface area contributed by atoms with Gasteiger partial charge >= 0.3 is 0 Å². The number of nitrogens with zero attached hydrogens (tertiary/aromatic N) is 1. The molecule has 0 aliphatic carbocycles. The topological polar surface area (TPSA) is 71.1 Å². The number of aromatic nitrogens is 1. The summed E-state index contributed by atoms with van der Waals surface area (Å²) in [6.45, 7) is 0.907. The predicted molar refractivity (Wildman–Crippen MR) is 73.2 cm³/mol. The summed E-state index contributed by atoms with van der Waals surface area (Å²) in [7, 11) is -1.61. The van der Waals surface area contributed by atoms with Crippen molar-refractivity contribution in [3.05, 3.63) is 32.9 Å². The van der Waals surface area contributed by atoms with E-state index < -0.39 is 10.0 Å². The van der Waals surface area contributed by atoms with Crippen molar-refractivity contribution >= 4 is 32.7 Å². The summed E-state index contributed by atoms with van der Waals surface area (Å²) >= 11 is 2.86. The largest absolute Gasteiger partial charge is 0.315 e. The minimum Gasteiger partial charge on any atom is -0.315 e. The second-order valence-corrected chi connectivity index (χ2v) is 7.27. The Morgan fingerprint density at radius 2 is 2.17 bits per heavy atom. The van der Waals surface area contributed by atoms with Gasteiger partial charge in [0.05, 0.1) is 11.4 Å². The van der Waals surface area contributed by atoms with Gasteiger partial charge in [-0.15, -0.1) is 22.7 Å². The van der Waals surface area contributed by atoms with Gasteiger partial charge < -0.3 is 5.32 Å². The summed E-state index contributed by atoms with van der Waals surface area (Å²) in [6.07, 6.45) is 1.66. The minimum absolute atomic E-state index is 0.233. The van der Waals surface area contributed by atoms with E-state index >= 15 is 0 Å². The second kappa shape index (κ2) is 5.89. The Bertz CT molecular complexity index is 590. The molecule has 98 valence electrons. The number of nitrogens with one attached hydrogen (secondary N) is 2. The first kappa shape index (κ1) is 13.6. The van der Waals surface area contributed by atoms with Crippen LogP contribution in [0.5, 0.6) is 0 Å². The van der Waals surface area contributed by atoms with Crippen LogP contribution in [0.4, 0.5) is 0 Å². The molecule has 2 rings (SSSR count). The van der Waals surface area contributed by atoms with Crippen LogP contribution in [0, 0.1) is 0 Å². The summed E-state index contributed by atoms with van der Waals surface area (Å²) in [5.74, 6) is 0. The molecule has 0 fully saturated rings. The molecule has 2 aromatic heterocycles. The van der Waals surface area contributed by atoms with E-state index in [-0.39, 0.29) is 6.54 Å². The van der Waals surface area contributed by atoms with Crippen molar-refractivity contribution in [1.82, 2.24) is 15.0 Å². The third-order valence-electron chi connectivity index (χ3n) is 2.19. The summed E-state index contributed by atoms with van der Waals surface area (Å²) in [5.41, 5.74) is 0. The zero-order valence-corrected chi connectivity index (χ0v) is 12.2. The Hall–Kier alpha value is -0.800. The molecule has 0 aliphatic heterocycles. The first-order valence-corrected chi connectivity index (χ1v) is 8.46. The third kappa shape index (κ3) is 3.36. The van der Waals surface area contributed by atoms with Gasteiger partial charge in [-0.25, -0.2) is 18.1 Å². The number of thiazole rings is 1. The lowest BCUT2D eigenvalue weighted by Crippen LogP contribution is -2.22. The van der Waals surface area contributed by atoms with Gasteiger partial charge in [0, 0.05) is 28.4 Å². The van der Waals surface area contributed by atoms with E-state index in [1.807, 2.05) is 12.4 Å². The standard InChI is InChI=1S/C10H13N3O2S3/c1-11-5-8-4-9(7-17-8)18(14,15)13-6-10-12-2-3-16-10/h2-4,7,11,13H,5-6H2,1H3. The van der Waals surface area contributed by atoms with Gasteiger partial charge in [0.1, 0.15) is 5.01 Å². The van der Waals surface area contributed by atoms with Crippen molar-refractivity contribution in [2.24, 2.45) is 0 Å². The van der Waals surface area contributed by atoms with E-state index in [0.717, 1.165) is 9.88 Å². The smallest absolute Gasteiger partial charge is 0.241 e. The van der Waals surface area contributed by atoms with Crippen LogP contribution in [0.1, 0.15) is 9.88 Å². The van der Waals surface area contributed by atoms with E-state index in [4.69, 9.17) is 0 Å². The van der Waals surface area contributed by atoms with E-state index in [1.165, 1.54) is 22.7 Å². The van der Waals surface area contributed by atoms with Gasteiger partial charge in [-0.05, 0) is 13.1 Å². The van der Waals surface area contributed by atoms with Gasteiger partial charge in [0.25, 0.3) is 0 Å². The summed E-state index contributed by atoms with van der Waals surface area (Å²) in [6, 6.07) is 1.69. The quantitative estimate of drug-likeness (QED) is 0.846. The van der Waals surface area contributed by atoms with Crippen LogP contribution in [0.15, 0.2) is 27.9 Å². The SMILES string of the molecule is CNCc1cc(S(=O)(=O)NCc2nccs2)cs1. The molecule has 0 atom stereocenters. The van der Waals surface area contributed by atoms with E-state index in [1.54, 1.807) is 17.6 Å². The third-order valence-corrected chi connectivity index (χ3v) is 5.43. The van der Waals surface area contributed by atoms with Crippen LogP contribution in [0.3, 0.4) is 0 Å². The first-order valence-electron chi connectivity index (χ1n) is 5.22. The molecule has 0 unspecified atom stereocenters. The maximum absolute atomic E-state index is 12.0. The molecule has 0 saturated carbocycles. The van der Waals surface area contributed by atoms with Crippen LogP contribution in [0.25, 0.3) is 0 Å². The van der Waals surface area contributed by atoms with Crippen molar-refractivity contribution in [3.63, 3.8) is 0 Å². The van der Waals surface area contributed by atoms with Gasteiger partial charge in [-0.2, -0.15) is 0 Å². The molecule has 0 spiro atoms. The zero-order chi connectivity index (χ0) is 13.0. The second-order valence-electron chi connectivity index (χ2n) is 3.53. The monoisotopic (exact) mass is 303 g/mol. The average molecular weight is 303 g/mol. The molecule has 0 radical (unpaired) electrons. The lowest BCUT2D eigenvalue weighted by molar-refractivity contribution is 0.581. The Balaban J connectivity index is 2.05. The van der Waals surface area contributed by atoms with E-state index in [9.17, 15) is 8.42 Å². The maximum atomic E-state index is 12.0. The predicted octanol–water partition coefficient (Wildman–Crippen LogP) is 1.40. The fourth-order valence-corrected chi connectivity index (χ4v) is 4.27. The molecule has 18 heavy (non-hydrogen) atoms. The summed E-state index contributed by atoms with van der Waals surface area (Å²) < 4.78 is 26.5.